The van der Waals surface area contributed by atoms with E-state index in [-0.39, 0.29) is 17.6 Å². The molecule has 0 aliphatic carbocycles. The van der Waals surface area contributed by atoms with Crippen LogP contribution in [0.4, 0.5) is 4.39 Å². The molecule has 1 aromatic carbocycles. The molecule has 0 amide bonds. The third-order valence-electron chi connectivity index (χ3n) is 2.28. The lowest BCUT2D eigenvalue weighted by Gasteiger charge is -2.14. The van der Waals surface area contributed by atoms with Crippen LogP contribution < -0.4 is 5.32 Å². The van der Waals surface area contributed by atoms with E-state index in [0.717, 1.165) is 6.54 Å². The van der Waals surface area contributed by atoms with Crippen molar-refractivity contribution in [2.75, 3.05) is 6.54 Å². The van der Waals surface area contributed by atoms with Crippen molar-refractivity contribution < 1.29 is 9.18 Å². The standard InChI is InChI=1S/C12H16FNO/c1-3-11(14-4-2)12(15)9-6-5-7-10(13)8-9/h5-8,11,14H,3-4H2,1-2H3. The van der Waals surface area contributed by atoms with Gasteiger partial charge in [0.1, 0.15) is 5.82 Å². The van der Waals surface area contributed by atoms with E-state index in [1.807, 2.05) is 13.8 Å². The van der Waals surface area contributed by atoms with Crippen LogP contribution in [0.3, 0.4) is 0 Å². The molecule has 0 heterocycles. The normalized spacial score (nSPS) is 12.5. The largest absolute Gasteiger partial charge is 0.307 e. The minimum atomic E-state index is -0.368. The molecule has 82 valence electrons. The van der Waals surface area contributed by atoms with E-state index in [2.05, 4.69) is 5.32 Å². The Hall–Kier alpha value is -1.22. The Kier molecular flexibility index (Phi) is 4.43. The van der Waals surface area contributed by atoms with Crippen molar-refractivity contribution >= 4 is 5.78 Å². The summed E-state index contributed by atoms with van der Waals surface area (Å²) < 4.78 is 12.9. The summed E-state index contributed by atoms with van der Waals surface area (Å²) in [6.45, 7) is 4.62. The highest BCUT2D eigenvalue weighted by Gasteiger charge is 2.16. The SMILES string of the molecule is CCNC(CC)C(=O)c1cccc(F)c1. The maximum absolute atomic E-state index is 12.9. The lowest BCUT2D eigenvalue weighted by atomic mass is 10.0. The maximum atomic E-state index is 12.9. The molecular weight excluding hydrogens is 193 g/mol. The number of nitrogens with one attached hydrogen (secondary N) is 1. The van der Waals surface area contributed by atoms with Crippen LogP contribution in [0.5, 0.6) is 0 Å². The molecule has 1 rings (SSSR count). The summed E-state index contributed by atoms with van der Waals surface area (Å²) in [5, 5.41) is 3.08. The highest BCUT2D eigenvalue weighted by atomic mass is 19.1. The van der Waals surface area contributed by atoms with Crippen LogP contribution in [0.1, 0.15) is 30.6 Å². The zero-order valence-corrected chi connectivity index (χ0v) is 9.09. The fourth-order valence-corrected chi connectivity index (χ4v) is 1.51. The lowest BCUT2D eigenvalue weighted by Crippen LogP contribution is -2.36. The number of ketones is 1. The van der Waals surface area contributed by atoms with E-state index in [9.17, 15) is 9.18 Å². The Morgan fingerprint density at radius 2 is 2.20 bits per heavy atom. The third kappa shape index (κ3) is 3.13. The van der Waals surface area contributed by atoms with Gasteiger partial charge in [-0.25, -0.2) is 4.39 Å². The molecule has 2 nitrogen and oxygen atoms in total. The Morgan fingerprint density at radius 1 is 1.47 bits per heavy atom. The average Bonchev–Trinajstić information content (AvgIpc) is 2.25. The first-order valence-corrected chi connectivity index (χ1v) is 5.22. The van der Waals surface area contributed by atoms with E-state index in [0.29, 0.717) is 12.0 Å². The molecule has 0 bridgehead atoms. The monoisotopic (exact) mass is 209 g/mol. The highest BCUT2D eigenvalue weighted by Crippen LogP contribution is 2.08. The zero-order valence-electron chi connectivity index (χ0n) is 9.09. The van der Waals surface area contributed by atoms with Crippen molar-refractivity contribution in [2.45, 2.75) is 26.3 Å². The second-order valence-electron chi connectivity index (χ2n) is 3.39. The van der Waals surface area contributed by atoms with Gasteiger partial charge in [-0.15, -0.1) is 0 Å². The predicted octanol–water partition coefficient (Wildman–Crippen LogP) is 2.40. The van der Waals surface area contributed by atoms with E-state index < -0.39 is 0 Å². The molecule has 0 fully saturated rings. The summed E-state index contributed by atoms with van der Waals surface area (Å²) >= 11 is 0. The molecular formula is C12H16FNO. The van der Waals surface area contributed by atoms with Crippen molar-refractivity contribution in [3.8, 4) is 0 Å². The molecule has 0 aromatic heterocycles. The molecule has 0 aliphatic heterocycles. The van der Waals surface area contributed by atoms with Crippen LogP contribution in [-0.2, 0) is 0 Å². The number of halogens is 1. The number of rotatable bonds is 5. The van der Waals surface area contributed by atoms with Gasteiger partial charge >= 0.3 is 0 Å². The van der Waals surface area contributed by atoms with Gasteiger partial charge in [0.15, 0.2) is 5.78 Å². The first kappa shape index (κ1) is 11.9. The van der Waals surface area contributed by atoms with Gasteiger partial charge < -0.3 is 5.32 Å². The van der Waals surface area contributed by atoms with Crippen LogP contribution >= 0.6 is 0 Å². The number of Topliss-reactive ketones (excluding diaryl/α,β-unsaturated/α-hetero) is 1. The molecule has 1 N–H and O–H groups in total. The van der Waals surface area contributed by atoms with Crippen molar-refractivity contribution in [3.05, 3.63) is 35.6 Å². The molecule has 0 spiro atoms. The van der Waals surface area contributed by atoms with E-state index in [1.54, 1.807) is 12.1 Å². The van der Waals surface area contributed by atoms with Crippen LogP contribution in [0.15, 0.2) is 24.3 Å². The van der Waals surface area contributed by atoms with Crippen LogP contribution in [0, 0.1) is 5.82 Å². The molecule has 0 saturated carbocycles. The fourth-order valence-electron chi connectivity index (χ4n) is 1.51. The minimum Gasteiger partial charge on any atom is -0.307 e. The van der Waals surface area contributed by atoms with Gasteiger partial charge in [0.2, 0.25) is 0 Å². The molecule has 15 heavy (non-hydrogen) atoms. The van der Waals surface area contributed by atoms with Crippen molar-refractivity contribution in [3.63, 3.8) is 0 Å². The summed E-state index contributed by atoms with van der Waals surface area (Å²) in [5.41, 5.74) is 0.433. The summed E-state index contributed by atoms with van der Waals surface area (Å²) in [5.74, 6) is -0.411. The zero-order chi connectivity index (χ0) is 11.3. The topological polar surface area (TPSA) is 29.1 Å². The van der Waals surface area contributed by atoms with Gasteiger partial charge in [0.25, 0.3) is 0 Å². The summed E-state index contributed by atoms with van der Waals surface area (Å²) in [6, 6.07) is 5.61. The maximum Gasteiger partial charge on any atom is 0.179 e. The van der Waals surface area contributed by atoms with Crippen molar-refractivity contribution in [1.82, 2.24) is 5.32 Å². The number of carbonyl (C=O) groups excluding carboxylic acids is 1. The Morgan fingerprint density at radius 3 is 2.73 bits per heavy atom. The molecule has 1 atom stereocenters. The number of hydrogen-bond acceptors (Lipinski definition) is 2. The second-order valence-corrected chi connectivity index (χ2v) is 3.39. The van der Waals surface area contributed by atoms with Gasteiger partial charge in [-0.2, -0.15) is 0 Å². The summed E-state index contributed by atoms with van der Waals surface area (Å²) in [4.78, 5) is 11.9. The minimum absolute atomic E-state index is 0.0427. The Bertz CT molecular complexity index is 338. The second kappa shape index (κ2) is 5.61. The lowest BCUT2D eigenvalue weighted by molar-refractivity contribution is 0.0941. The average molecular weight is 209 g/mol. The molecule has 0 radical (unpaired) electrons. The van der Waals surface area contributed by atoms with E-state index in [1.165, 1.54) is 12.1 Å². The van der Waals surface area contributed by atoms with Gasteiger partial charge in [0.05, 0.1) is 6.04 Å². The quantitative estimate of drug-likeness (QED) is 0.754. The van der Waals surface area contributed by atoms with Gasteiger partial charge in [-0.1, -0.05) is 26.0 Å². The van der Waals surface area contributed by atoms with Crippen molar-refractivity contribution in [1.29, 1.82) is 0 Å². The van der Waals surface area contributed by atoms with Gasteiger partial charge in [0, 0.05) is 5.56 Å². The first-order chi connectivity index (χ1) is 7.19. The van der Waals surface area contributed by atoms with Crippen LogP contribution in [-0.4, -0.2) is 18.4 Å². The number of likely N-dealkylation sites (N-methyl/N-ethyl adjacent to an activating group) is 1. The number of benzene rings is 1. The van der Waals surface area contributed by atoms with Gasteiger partial charge in [-0.3, -0.25) is 4.79 Å². The molecule has 0 saturated heterocycles. The van der Waals surface area contributed by atoms with Crippen LogP contribution in [0.2, 0.25) is 0 Å². The van der Waals surface area contributed by atoms with E-state index >= 15 is 0 Å². The van der Waals surface area contributed by atoms with Crippen molar-refractivity contribution in [2.24, 2.45) is 0 Å². The van der Waals surface area contributed by atoms with E-state index in [4.69, 9.17) is 0 Å². The Labute approximate surface area is 89.5 Å². The number of hydrogen-bond donors (Lipinski definition) is 1. The smallest absolute Gasteiger partial charge is 0.179 e. The predicted molar refractivity (Wildman–Crippen MR) is 58.5 cm³/mol. The molecule has 0 aliphatic rings. The first-order valence-electron chi connectivity index (χ1n) is 5.22. The molecule has 1 unspecified atom stereocenters. The third-order valence-corrected chi connectivity index (χ3v) is 2.28. The highest BCUT2D eigenvalue weighted by molar-refractivity contribution is 6.00. The summed E-state index contributed by atoms with van der Waals surface area (Å²) in [6.07, 6.45) is 0.711. The number of carbonyl (C=O) groups is 1. The fraction of sp³-hybridized carbons (Fsp3) is 0.417. The Balaban J connectivity index is 2.82. The van der Waals surface area contributed by atoms with Gasteiger partial charge in [-0.05, 0) is 25.1 Å². The summed E-state index contributed by atoms with van der Waals surface area (Å²) in [7, 11) is 0. The molecule has 1 aromatic rings. The van der Waals surface area contributed by atoms with Crippen LogP contribution in [0.25, 0.3) is 0 Å². The molecule has 3 heteroatoms.